The van der Waals surface area contributed by atoms with Gasteiger partial charge < -0.3 is 4.90 Å². The van der Waals surface area contributed by atoms with Crippen molar-refractivity contribution < 1.29 is 0 Å². The van der Waals surface area contributed by atoms with Crippen LogP contribution >= 0.6 is 0 Å². The number of aryl methyl sites for hydroxylation is 2. The molecule has 126 valence electrons. The highest BCUT2D eigenvalue weighted by Crippen LogP contribution is 2.45. The number of fused-ring (bicyclic) bond motifs is 3. The number of nitrogens with zero attached hydrogens (tertiary/aromatic N) is 4. The van der Waals surface area contributed by atoms with E-state index in [4.69, 9.17) is 5.10 Å². The minimum Gasteiger partial charge on any atom is -0.303 e. The van der Waals surface area contributed by atoms with Crippen LogP contribution in [0.25, 0.3) is 10.9 Å². The van der Waals surface area contributed by atoms with E-state index in [9.17, 15) is 4.79 Å². The largest absolute Gasteiger partial charge is 0.303 e. The van der Waals surface area contributed by atoms with Gasteiger partial charge in [-0.05, 0) is 69.5 Å². The second kappa shape index (κ2) is 5.38. The molecule has 4 aliphatic rings. The summed E-state index contributed by atoms with van der Waals surface area (Å²) in [6.07, 6.45) is 6.31. The maximum absolute atomic E-state index is 12.8. The third kappa shape index (κ3) is 2.00. The minimum absolute atomic E-state index is 0.0250. The number of hydrogen-bond acceptors (Lipinski definition) is 4. The lowest BCUT2D eigenvalue weighted by molar-refractivity contribution is 0.0345. The Hall–Kier alpha value is -1.75. The molecule has 5 heterocycles. The summed E-state index contributed by atoms with van der Waals surface area (Å²) in [6.45, 7) is 6.59. The second-order valence-electron chi connectivity index (χ2n) is 7.63. The van der Waals surface area contributed by atoms with E-state index in [0.717, 1.165) is 54.0 Å². The van der Waals surface area contributed by atoms with Crippen molar-refractivity contribution in [1.82, 2.24) is 19.7 Å². The average molecular weight is 324 g/mol. The predicted octanol–water partition coefficient (Wildman–Crippen LogP) is 2.18. The Morgan fingerprint density at radius 1 is 1.25 bits per heavy atom. The number of aromatic nitrogens is 3. The summed E-state index contributed by atoms with van der Waals surface area (Å²) in [6, 6.07) is 1.97. The molecule has 0 saturated carbocycles. The molecule has 0 radical (unpaired) electrons. The fraction of sp³-hybridized carbons (Fsp3) is 0.632. The smallest absolute Gasteiger partial charge is 0.273 e. The molecule has 0 aromatic carbocycles. The van der Waals surface area contributed by atoms with E-state index in [-0.39, 0.29) is 5.56 Å². The monoisotopic (exact) mass is 324 g/mol. The quantitative estimate of drug-likeness (QED) is 0.850. The Balaban J connectivity index is 1.71. The van der Waals surface area contributed by atoms with Crippen LogP contribution in [0.3, 0.4) is 0 Å². The van der Waals surface area contributed by atoms with E-state index in [1.807, 2.05) is 10.7 Å². The summed E-state index contributed by atoms with van der Waals surface area (Å²) in [5.74, 6) is 1.75. The Kier molecular flexibility index (Phi) is 3.27. The highest BCUT2D eigenvalue weighted by molar-refractivity contribution is 5.86. The van der Waals surface area contributed by atoms with Crippen LogP contribution in [0.4, 0.5) is 0 Å². The third-order valence-electron chi connectivity index (χ3n) is 6.57. The van der Waals surface area contributed by atoms with Gasteiger partial charge >= 0.3 is 0 Å². The van der Waals surface area contributed by atoms with Gasteiger partial charge in [0.25, 0.3) is 5.56 Å². The lowest BCUT2D eigenvalue weighted by atomic mass is 9.67. The minimum atomic E-state index is -0.0250. The van der Waals surface area contributed by atoms with Gasteiger partial charge in [0.15, 0.2) is 0 Å². The molecule has 2 aromatic rings. The topological polar surface area (TPSA) is 51.0 Å². The average Bonchev–Trinajstić information content (AvgIpc) is 2.89. The molecule has 3 aliphatic heterocycles. The first-order chi connectivity index (χ1) is 11.8. The van der Waals surface area contributed by atoms with E-state index in [1.54, 1.807) is 6.20 Å². The third-order valence-corrected chi connectivity index (χ3v) is 6.57. The molecule has 0 amide bonds. The molecule has 3 saturated heterocycles. The zero-order chi connectivity index (χ0) is 16.3. The molecular weight excluding hydrogens is 300 g/mol. The van der Waals surface area contributed by atoms with Crippen LogP contribution in [-0.4, -0.2) is 39.3 Å². The van der Waals surface area contributed by atoms with Crippen LogP contribution in [0.5, 0.6) is 0 Å². The Labute approximate surface area is 141 Å². The SMILES string of the molecule is CCn1nc2c3c(c(=O)nccc31)[C@H](C1CN3CCC1CC3)CC2. The van der Waals surface area contributed by atoms with E-state index in [0.29, 0.717) is 11.8 Å². The summed E-state index contributed by atoms with van der Waals surface area (Å²) >= 11 is 0. The van der Waals surface area contributed by atoms with Crippen LogP contribution in [0.2, 0.25) is 0 Å². The molecule has 3 fully saturated rings. The standard InChI is InChI=1S/C19H24N4O/c1-2-23-16-5-8-20-19(24)17-13(3-4-15(21-23)18(16)17)14-11-22-9-6-12(14)7-10-22/h5,8,12-14H,2-4,6-7,9-11H2,1H3/t13-,14?/m0/s1. The van der Waals surface area contributed by atoms with Gasteiger partial charge in [0.05, 0.1) is 11.2 Å². The zero-order valence-electron chi connectivity index (χ0n) is 14.2. The molecule has 1 aliphatic carbocycles. The normalized spacial score (nSPS) is 31.5. The van der Waals surface area contributed by atoms with Crippen molar-refractivity contribution in [3.8, 4) is 0 Å². The zero-order valence-corrected chi connectivity index (χ0v) is 14.2. The first-order valence-electron chi connectivity index (χ1n) is 9.37. The molecule has 6 rings (SSSR count). The van der Waals surface area contributed by atoms with Gasteiger partial charge in [0, 0.05) is 30.2 Å². The van der Waals surface area contributed by atoms with E-state index in [2.05, 4.69) is 16.8 Å². The molecule has 5 heteroatoms. The molecular formula is C19H24N4O. The summed E-state index contributed by atoms with van der Waals surface area (Å²) in [5, 5.41) is 5.89. The van der Waals surface area contributed by atoms with Crippen LogP contribution in [0.15, 0.2) is 17.1 Å². The lowest BCUT2D eigenvalue weighted by Gasteiger charge is -2.48. The van der Waals surface area contributed by atoms with Crippen molar-refractivity contribution in [3.05, 3.63) is 33.9 Å². The second-order valence-corrected chi connectivity index (χ2v) is 7.63. The van der Waals surface area contributed by atoms with Gasteiger partial charge in [-0.2, -0.15) is 5.10 Å². The van der Waals surface area contributed by atoms with Crippen molar-refractivity contribution in [3.63, 3.8) is 0 Å². The highest BCUT2D eigenvalue weighted by Gasteiger charge is 2.42. The molecule has 2 atom stereocenters. The molecule has 0 N–H and O–H groups in total. The summed E-state index contributed by atoms with van der Waals surface area (Å²) in [5.41, 5.74) is 3.13. The van der Waals surface area contributed by atoms with Gasteiger partial charge in [-0.1, -0.05) is 0 Å². The van der Waals surface area contributed by atoms with Crippen molar-refractivity contribution >= 4 is 10.9 Å². The highest BCUT2D eigenvalue weighted by atomic mass is 16.1. The van der Waals surface area contributed by atoms with Crippen LogP contribution in [-0.2, 0) is 13.0 Å². The predicted molar refractivity (Wildman–Crippen MR) is 93.2 cm³/mol. The van der Waals surface area contributed by atoms with Gasteiger partial charge in [-0.25, -0.2) is 4.98 Å². The summed E-state index contributed by atoms with van der Waals surface area (Å²) in [4.78, 5) is 19.6. The first-order valence-corrected chi connectivity index (χ1v) is 9.37. The van der Waals surface area contributed by atoms with Gasteiger partial charge in [0.1, 0.15) is 0 Å². The maximum Gasteiger partial charge on any atom is 0.273 e. The lowest BCUT2D eigenvalue weighted by Crippen LogP contribution is -2.50. The fourth-order valence-electron chi connectivity index (χ4n) is 5.43. The van der Waals surface area contributed by atoms with Crippen LogP contribution < -0.4 is 5.56 Å². The number of piperidine rings is 3. The molecule has 1 unspecified atom stereocenters. The van der Waals surface area contributed by atoms with Gasteiger partial charge in [-0.3, -0.25) is 9.48 Å². The first kappa shape index (κ1) is 14.6. The molecule has 2 bridgehead atoms. The van der Waals surface area contributed by atoms with Crippen LogP contribution in [0, 0.1) is 11.8 Å². The van der Waals surface area contributed by atoms with Crippen molar-refractivity contribution in [2.75, 3.05) is 19.6 Å². The number of rotatable bonds is 2. The van der Waals surface area contributed by atoms with E-state index < -0.39 is 0 Å². The van der Waals surface area contributed by atoms with Crippen molar-refractivity contribution in [1.29, 1.82) is 0 Å². The molecule has 5 nitrogen and oxygen atoms in total. The van der Waals surface area contributed by atoms with E-state index >= 15 is 0 Å². The van der Waals surface area contributed by atoms with Gasteiger partial charge in [-0.15, -0.1) is 0 Å². The Bertz CT molecular complexity index is 850. The molecule has 0 spiro atoms. The van der Waals surface area contributed by atoms with E-state index in [1.165, 1.54) is 25.9 Å². The van der Waals surface area contributed by atoms with Crippen LogP contribution in [0.1, 0.15) is 43.4 Å². The Morgan fingerprint density at radius 3 is 2.79 bits per heavy atom. The molecule has 24 heavy (non-hydrogen) atoms. The van der Waals surface area contributed by atoms with Gasteiger partial charge in [0.2, 0.25) is 0 Å². The van der Waals surface area contributed by atoms with Crippen molar-refractivity contribution in [2.24, 2.45) is 11.8 Å². The summed E-state index contributed by atoms with van der Waals surface area (Å²) in [7, 11) is 0. The molecule has 2 aromatic heterocycles. The fourth-order valence-corrected chi connectivity index (χ4v) is 5.43. The Morgan fingerprint density at radius 2 is 2.08 bits per heavy atom. The maximum atomic E-state index is 12.8. The number of hydrogen-bond donors (Lipinski definition) is 0. The van der Waals surface area contributed by atoms with Crippen molar-refractivity contribution in [2.45, 2.75) is 45.1 Å². The summed E-state index contributed by atoms with van der Waals surface area (Å²) < 4.78 is 2.04.